The van der Waals surface area contributed by atoms with Gasteiger partial charge in [0.2, 0.25) is 0 Å². The van der Waals surface area contributed by atoms with E-state index in [1.807, 2.05) is 41.0 Å². The van der Waals surface area contributed by atoms with E-state index in [4.69, 9.17) is 11.6 Å². The summed E-state index contributed by atoms with van der Waals surface area (Å²) >= 11 is 6.20. The van der Waals surface area contributed by atoms with E-state index in [9.17, 15) is 15.0 Å². The average Bonchev–Trinajstić information content (AvgIpc) is 3.10. The van der Waals surface area contributed by atoms with Gasteiger partial charge in [0.05, 0.1) is 24.4 Å². The highest BCUT2D eigenvalue weighted by Crippen LogP contribution is 2.43. The highest BCUT2D eigenvalue weighted by atomic mass is 35.5. The molecule has 7 nitrogen and oxygen atoms in total. The first kappa shape index (κ1) is 20.0. The van der Waals surface area contributed by atoms with Gasteiger partial charge in [0.25, 0.3) is 0 Å². The molecule has 2 N–H and O–H groups in total. The molecule has 2 aromatic carbocycles. The first-order valence-electron chi connectivity index (χ1n) is 10.4. The third-order valence-corrected chi connectivity index (χ3v) is 6.73. The van der Waals surface area contributed by atoms with Crippen molar-refractivity contribution in [2.45, 2.75) is 50.3 Å². The lowest BCUT2D eigenvalue weighted by Crippen LogP contribution is -2.31. The molecular weight excluding hydrogens is 416 g/mol. The fraction of sp³-hybridized carbons (Fsp3) is 0.348. The minimum Gasteiger partial charge on any atom is -0.465 e. The number of nitrogens with zero attached hydrogens (tertiary/aromatic N) is 4. The van der Waals surface area contributed by atoms with Crippen LogP contribution in [0.15, 0.2) is 48.5 Å². The topological polar surface area (TPSA) is 91.5 Å². The number of halogens is 1. The Morgan fingerprint density at radius 3 is 2.52 bits per heavy atom. The van der Waals surface area contributed by atoms with Gasteiger partial charge in [0.15, 0.2) is 5.82 Å². The van der Waals surface area contributed by atoms with Crippen LogP contribution in [0.4, 0.5) is 4.79 Å². The summed E-state index contributed by atoms with van der Waals surface area (Å²) < 4.78 is 1.99. The quantitative estimate of drug-likeness (QED) is 0.616. The minimum absolute atomic E-state index is 0.130. The lowest BCUT2D eigenvalue weighted by molar-refractivity contribution is -0.00647. The van der Waals surface area contributed by atoms with Gasteiger partial charge >= 0.3 is 6.09 Å². The fourth-order valence-electron chi connectivity index (χ4n) is 4.82. The van der Waals surface area contributed by atoms with Gasteiger partial charge in [0, 0.05) is 10.9 Å². The van der Waals surface area contributed by atoms with Crippen molar-refractivity contribution < 1.29 is 15.0 Å². The van der Waals surface area contributed by atoms with Gasteiger partial charge in [-0.3, -0.25) is 9.47 Å². The number of carboxylic acid groups (broad SMARTS) is 1. The first-order valence-corrected chi connectivity index (χ1v) is 10.8. The molecule has 8 heteroatoms. The smallest absolute Gasteiger partial charge is 0.408 e. The van der Waals surface area contributed by atoms with Crippen LogP contribution in [0.2, 0.25) is 5.02 Å². The normalized spacial score (nSPS) is 23.0. The van der Waals surface area contributed by atoms with Gasteiger partial charge in [-0.15, -0.1) is 10.2 Å². The molecule has 1 saturated carbocycles. The summed E-state index contributed by atoms with van der Waals surface area (Å²) in [7, 11) is 0. The van der Waals surface area contributed by atoms with Crippen LogP contribution in [0, 0.1) is 0 Å². The molecule has 3 aromatic rings. The molecule has 2 aliphatic rings. The number of hydrogen-bond donors (Lipinski definition) is 2. The summed E-state index contributed by atoms with van der Waals surface area (Å²) in [5.74, 6) is 1.55. The summed E-state index contributed by atoms with van der Waals surface area (Å²) in [6.45, 7) is 0.405. The molecular formula is C23H23ClN4O3. The number of benzene rings is 2. The summed E-state index contributed by atoms with van der Waals surface area (Å²) in [6, 6.07) is 15.3. The third kappa shape index (κ3) is 3.58. The van der Waals surface area contributed by atoms with Crippen molar-refractivity contribution in [2.75, 3.05) is 0 Å². The van der Waals surface area contributed by atoms with Crippen LogP contribution in [-0.4, -0.2) is 36.0 Å². The van der Waals surface area contributed by atoms with Crippen molar-refractivity contribution in [3.05, 3.63) is 76.3 Å². The molecule has 1 aliphatic heterocycles. The molecule has 1 amide bonds. The maximum atomic E-state index is 11.7. The molecule has 0 unspecified atom stereocenters. The largest absolute Gasteiger partial charge is 0.465 e. The van der Waals surface area contributed by atoms with Gasteiger partial charge in [-0.2, -0.15) is 0 Å². The van der Waals surface area contributed by atoms with E-state index in [1.165, 1.54) is 4.90 Å². The molecule has 1 aromatic heterocycles. The lowest BCUT2D eigenvalue weighted by atomic mass is 9.75. The Morgan fingerprint density at radius 2 is 1.81 bits per heavy atom. The maximum Gasteiger partial charge on any atom is 0.408 e. The molecule has 0 radical (unpaired) electrons. The molecule has 31 heavy (non-hydrogen) atoms. The van der Waals surface area contributed by atoms with Crippen molar-refractivity contribution in [1.82, 2.24) is 19.7 Å². The molecule has 160 valence electrons. The Morgan fingerprint density at radius 1 is 1.06 bits per heavy atom. The van der Waals surface area contributed by atoms with Gasteiger partial charge in [-0.1, -0.05) is 41.9 Å². The van der Waals surface area contributed by atoms with Crippen LogP contribution in [0.3, 0.4) is 0 Å². The number of fused-ring (bicyclic) bond motifs is 3. The van der Waals surface area contributed by atoms with Gasteiger partial charge in [-0.05, 0) is 55.0 Å². The van der Waals surface area contributed by atoms with Crippen LogP contribution in [0.1, 0.15) is 54.4 Å². The van der Waals surface area contributed by atoms with Crippen LogP contribution in [0.25, 0.3) is 5.69 Å². The maximum absolute atomic E-state index is 11.7. The van der Waals surface area contributed by atoms with E-state index < -0.39 is 11.7 Å². The zero-order chi connectivity index (χ0) is 21.6. The Labute approximate surface area is 184 Å². The molecule has 5 rings (SSSR count). The Kier molecular flexibility index (Phi) is 4.95. The Balaban J connectivity index is 1.49. The number of aromatic nitrogens is 3. The zero-order valence-electron chi connectivity index (χ0n) is 16.9. The average molecular weight is 439 g/mol. The van der Waals surface area contributed by atoms with E-state index in [1.54, 1.807) is 12.1 Å². The van der Waals surface area contributed by atoms with Crippen molar-refractivity contribution in [1.29, 1.82) is 0 Å². The van der Waals surface area contributed by atoms with Crippen LogP contribution >= 0.6 is 11.6 Å². The van der Waals surface area contributed by atoms with E-state index in [0.717, 1.165) is 35.5 Å². The van der Waals surface area contributed by atoms with Crippen LogP contribution in [0.5, 0.6) is 0 Å². The van der Waals surface area contributed by atoms with Crippen LogP contribution < -0.4 is 0 Å². The number of amides is 1. The van der Waals surface area contributed by atoms with E-state index >= 15 is 0 Å². The molecule has 0 atom stereocenters. The highest BCUT2D eigenvalue weighted by Gasteiger charge is 2.38. The van der Waals surface area contributed by atoms with Crippen molar-refractivity contribution in [2.24, 2.45) is 0 Å². The predicted molar refractivity (Wildman–Crippen MR) is 115 cm³/mol. The zero-order valence-corrected chi connectivity index (χ0v) is 17.7. The summed E-state index contributed by atoms with van der Waals surface area (Å²) in [6.07, 6.45) is 1.82. The lowest BCUT2D eigenvalue weighted by Gasteiger charge is -2.36. The van der Waals surface area contributed by atoms with E-state index in [0.29, 0.717) is 23.7 Å². The van der Waals surface area contributed by atoms with E-state index in [2.05, 4.69) is 10.2 Å². The summed E-state index contributed by atoms with van der Waals surface area (Å²) in [4.78, 5) is 13.1. The second kappa shape index (κ2) is 7.66. The molecule has 0 saturated heterocycles. The molecule has 2 heterocycles. The van der Waals surface area contributed by atoms with E-state index in [-0.39, 0.29) is 19.0 Å². The number of rotatable bonds is 2. The molecule has 1 fully saturated rings. The SMILES string of the molecule is O=C(O)N1Cc2cc(Cl)ccc2-n2c(nnc2C2CCC(O)(c3ccccc3)CC2)C1. The van der Waals surface area contributed by atoms with Crippen LogP contribution in [-0.2, 0) is 18.7 Å². The molecule has 1 aliphatic carbocycles. The van der Waals surface area contributed by atoms with Gasteiger partial charge in [0.1, 0.15) is 5.82 Å². The predicted octanol–water partition coefficient (Wildman–Crippen LogP) is 4.46. The third-order valence-electron chi connectivity index (χ3n) is 6.49. The van der Waals surface area contributed by atoms with Crippen molar-refractivity contribution in [3.63, 3.8) is 0 Å². The number of carbonyl (C=O) groups is 1. The first-order chi connectivity index (χ1) is 14.9. The standard InChI is InChI=1S/C23H23ClN4O3/c24-18-6-7-19-16(12-18)13-27(22(29)30)14-20-25-26-21(28(19)20)15-8-10-23(31,11-9-15)17-4-2-1-3-5-17/h1-7,12,15,31H,8-11,13-14H2,(H,29,30). The van der Waals surface area contributed by atoms with Gasteiger partial charge in [-0.25, -0.2) is 4.79 Å². The fourth-order valence-corrected chi connectivity index (χ4v) is 5.01. The second-order valence-electron chi connectivity index (χ2n) is 8.39. The van der Waals surface area contributed by atoms with Crippen molar-refractivity contribution in [3.8, 4) is 5.69 Å². The highest BCUT2D eigenvalue weighted by molar-refractivity contribution is 6.30. The minimum atomic E-state index is -1.01. The second-order valence-corrected chi connectivity index (χ2v) is 8.83. The summed E-state index contributed by atoms with van der Waals surface area (Å²) in [5.41, 5.74) is 1.81. The Bertz CT molecular complexity index is 1120. The molecule has 0 spiro atoms. The summed E-state index contributed by atoms with van der Waals surface area (Å²) in [5, 5.41) is 30.2. The molecule has 0 bridgehead atoms. The van der Waals surface area contributed by atoms with Gasteiger partial charge < -0.3 is 10.2 Å². The van der Waals surface area contributed by atoms with Crippen molar-refractivity contribution >= 4 is 17.7 Å². The monoisotopic (exact) mass is 438 g/mol. The number of aliphatic hydroxyl groups is 1. The number of hydrogen-bond acceptors (Lipinski definition) is 4. The Hall–Kier alpha value is -2.90.